The van der Waals surface area contributed by atoms with Crippen LogP contribution in [-0.2, 0) is 6.54 Å². The Bertz CT molecular complexity index is 594. The number of nitrogens with one attached hydrogen (secondary N) is 1. The Balaban J connectivity index is 2.10. The quantitative estimate of drug-likeness (QED) is 0.881. The molecule has 0 spiro atoms. The Morgan fingerprint density at radius 1 is 1.47 bits per heavy atom. The highest BCUT2D eigenvalue weighted by Gasteiger charge is 2.13. The second-order valence-electron chi connectivity index (χ2n) is 3.78. The van der Waals surface area contributed by atoms with Gasteiger partial charge in [0.25, 0.3) is 0 Å². The Labute approximate surface area is 118 Å². The molecule has 19 heavy (non-hydrogen) atoms. The van der Waals surface area contributed by atoms with Crippen molar-refractivity contribution < 1.29 is 19.1 Å². The van der Waals surface area contributed by atoms with Crippen LogP contribution in [0.25, 0.3) is 0 Å². The Morgan fingerprint density at radius 2 is 2.26 bits per heavy atom. The summed E-state index contributed by atoms with van der Waals surface area (Å²) in [6.07, 6.45) is 1.36. The number of methoxy groups -OCH3 is 1. The molecule has 2 aromatic rings. The summed E-state index contributed by atoms with van der Waals surface area (Å²) >= 11 is 3.37. The molecule has 0 bridgehead atoms. The molecule has 1 heterocycles. The number of aromatic carboxylic acids is 1. The second-order valence-corrected chi connectivity index (χ2v) is 4.64. The third-order valence-electron chi connectivity index (χ3n) is 2.58. The van der Waals surface area contributed by atoms with Gasteiger partial charge in [-0.25, -0.2) is 4.79 Å². The molecule has 0 aliphatic heterocycles. The van der Waals surface area contributed by atoms with Gasteiger partial charge in [-0.3, -0.25) is 0 Å². The lowest BCUT2D eigenvalue weighted by atomic mass is 10.2. The lowest BCUT2D eigenvalue weighted by molar-refractivity contribution is 0.0661. The molecule has 0 saturated heterocycles. The molecule has 2 rings (SSSR count). The van der Waals surface area contributed by atoms with E-state index in [1.807, 2.05) is 18.2 Å². The highest BCUT2D eigenvalue weighted by atomic mass is 79.9. The van der Waals surface area contributed by atoms with Gasteiger partial charge in [-0.1, -0.05) is 0 Å². The number of carboxylic acid groups (broad SMARTS) is 1. The fourth-order valence-electron chi connectivity index (χ4n) is 1.63. The minimum absolute atomic E-state index is 0.0448. The van der Waals surface area contributed by atoms with Gasteiger partial charge in [-0.15, -0.1) is 0 Å². The first-order valence-corrected chi connectivity index (χ1v) is 6.28. The summed E-state index contributed by atoms with van der Waals surface area (Å²) in [5.74, 6) is -0.414. The summed E-state index contributed by atoms with van der Waals surface area (Å²) in [6.45, 7) is 0.364. The van der Waals surface area contributed by atoms with Gasteiger partial charge in [0.05, 0.1) is 17.8 Å². The Hall–Kier alpha value is -1.95. The Kier molecular flexibility index (Phi) is 4.11. The number of carboxylic acids is 1. The summed E-state index contributed by atoms with van der Waals surface area (Å²) < 4.78 is 10.9. The van der Waals surface area contributed by atoms with E-state index in [9.17, 15) is 4.79 Å². The molecule has 1 aromatic heterocycles. The predicted molar refractivity (Wildman–Crippen MR) is 73.7 cm³/mol. The number of hydrogen-bond donors (Lipinski definition) is 2. The van der Waals surface area contributed by atoms with E-state index in [0.29, 0.717) is 17.9 Å². The van der Waals surface area contributed by atoms with Crippen molar-refractivity contribution >= 4 is 27.6 Å². The van der Waals surface area contributed by atoms with E-state index >= 15 is 0 Å². The van der Waals surface area contributed by atoms with Crippen LogP contribution < -0.4 is 10.1 Å². The van der Waals surface area contributed by atoms with Crippen molar-refractivity contribution in [1.82, 2.24) is 0 Å². The number of hydrogen-bond acceptors (Lipinski definition) is 4. The van der Waals surface area contributed by atoms with Crippen LogP contribution in [0.4, 0.5) is 5.69 Å². The molecule has 0 radical (unpaired) electrons. The first-order chi connectivity index (χ1) is 9.11. The highest BCUT2D eigenvalue weighted by molar-refractivity contribution is 9.10. The van der Waals surface area contributed by atoms with E-state index in [-0.39, 0.29) is 5.76 Å². The third-order valence-corrected chi connectivity index (χ3v) is 3.23. The van der Waals surface area contributed by atoms with Crippen LogP contribution in [0.3, 0.4) is 0 Å². The maximum Gasteiger partial charge on any atom is 0.372 e. The maximum absolute atomic E-state index is 10.9. The predicted octanol–water partition coefficient (Wildman–Crippen LogP) is 3.36. The molecule has 0 atom stereocenters. The summed E-state index contributed by atoms with van der Waals surface area (Å²) in [7, 11) is 1.59. The summed E-state index contributed by atoms with van der Waals surface area (Å²) in [6, 6.07) is 7.18. The molecule has 1 aromatic carbocycles. The lowest BCUT2D eigenvalue weighted by Gasteiger charge is -2.09. The van der Waals surface area contributed by atoms with E-state index in [0.717, 1.165) is 10.2 Å². The van der Waals surface area contributed by atoms with E-state index in [2.05, 4.69) is 21.2 Å². The van der Waals surface area contributed by atoms with Crippen molar-refractivity contribution in [2.75, 3.05) is 12.4 Å². The molecule has 0 amide bonds. The Morgan fingerprint density at radius 3 is 2.95 bits per heavy atom. The van der Waals surface area contributed by atoms with Gasteiger partial charge >= 0.3 is 5.97 Å². The first kappa shape index (κ1) is 13.5. The maximum atomic E-state index is 10.9. The summed E-state index contributed by atoms with van der Waals surface area (Å²) in [4.78, 5) is 10.9. The SMILES string of the molecule is COc1cc(NCc2ccoc2C(=O)O)ccc1Br. The molecule has 0 aliphatic rings. The minimum Gasteiger partial charge on any atom is -0.495 e. The zero-order valence-corrected chi connectivity index (χ0v) is 11.7. The van der Waals surface area contributed by atoms with Crippen LogP contribution in [0.5, 0.6) is 5.75 Å². The topological polar surface area (TPSA) is 71.7 Å². The van der Waals surface area contributed by atoms with Gasteiger partial charge in [0.15, 0.2) is 0 Å². The number of ether oxygens (including phenoxy) is 1. The third kappa shape index (κ3) is 3.08. The smallest absolute Gasteiger partial charge is 0.372 e. The molecular weight excluding hydrogens is 314 g/mol. The van der Waals surface area contributed by atoms with Gasteiger partial charge < -0.3 is 19.6 Å². The molecule has 6 heteroatoms. The number of benzene rings is 1. The number of carbonyl (C=O) groups is 1. The zero-order valence-electron chi connectivity index (χ0n) is 10.1. The number of furan rings is 1. The molecule has 0 unspecified atom stereocenters. The van der Waals surface area contributed by atoms with E-state index in [1.54, 1.807) is 13.2 Å². The van der Waals surface area contributed by atoms with Gasteiger partial charge in [0.1, 0.15) is 5.75 Å². The number of halogens is 1. The van der Waals surface area contributed by atoms with Gasteiger partial charge in [0, 0.05) is 23.9 Å². The van der Waals surface area contributed by atoms with Crippen molar-refractivity contribution in [2.45, 2.75) is 6.54 Å². The summed E-state index contributed by atoms with van der Waals surface area (Å²) in [5, 5.41) is 12.0. The normalized spacial score (nSPS) is 10.2. The molecule has 0 saturated carbocycles. The average Bonchev–Trinajstić information content (AvgIpc) is 2.86. The van der Waals surface area contributed by atoms with Crippen LogP contribution in [0.15, 0.2) is 39.4 Å². The van der Waals surface area contributed by atoms with Crippen LogP contribution >= 0.6 is 15.9 Å². The van der Waals surface area contributed by atoms with Gasteiger partial charge in [-0.2, -0.15) is 0 Å². The largest absolute Gasteiger partial charge is 0.495 e. The van der Waals surface area contributed by atoms with Gasteiger partial charge in [-0.05, 0) is 34.1 Å². The van der Waals surface area contributed by atoms with Crippen LogP contribution in [0.1, 0.15) is 16.1 Å². The first-order valence-electron chi connectivity index (χ1n) is 5.49. The fraction of sp³-hybridized carbons (Fsp3) is 0.154. The highest BCUT2D eigenvalue weighted by Crippen LogP contribution is 2.28. The van der Waals surface area contributed by atoms with Crippen LogP contribution in [0, 0.1) is 0 Å². The monoisotopic (exact) mass is 325 g/mol. The standard InChI is InChI=1S/C13H12BrNO4/c1-18-11-6-9(2-3-10(11)14)15-7-8-4-5-19-12(8)13(16)17/h2-6,15H,7H2,1H3,(H,16,17). The van der Waals surface area contributed by atoms with Crippen molar-refractivity contribution in [2.24, 2.45) is 0 Å². The molecular formula is C13H12BrNO4. The lowest BCUT2D eigenvalue weighted by Crippen LogP contribution is -2.04. The molecule has 5 nitrogen and oxygen atoms in total. The van der Waals surface area contributed by atoms with E-state index in [4.69, 9.17) is 14.3 Å². The van der Waals surface area contributed by atoms with Gasteiger partial charge in [0.2, 0.25) is 5.76 Å². The van der Waals surface area contributed by atoms with E-state index < -0.39 is 5.97 Å². The average molecular weight is 326 g/mol. The van der Waals surface area contributed by atoms with Crippen LogP contribution in [-0.4, -0.2) is 18.2 Å². The summed E-state index contributed by atoms with van der Waals surface area (Å²) in [5.41, 5.74) is 1.42. The van der Waals surface area contributed by atoms with Crippen LogP contribution in [0.2, 0.25) is 0 Å². The molecule has 0 aliphatic carbocycles. The van der Waals surface area contributed by atoms with Crippen molar-refractivity contribution in [3.05, 3.63) is 46.3 Å². The molecule has 2 N–H and O–H groups in total. The molecule has 100 valence electrons. The molecule has 0 fully saturated rings. The number of rotatable bonds is 5. The van der Waals surface area contributed by atoms with Crippen molar-refractivity contribution in [3.63, 3.8) is 0 Å². The fourth-order valence-corrected chi connectivity index (χ4v) is 2.04. The second kappa shape index (κ2) is 5.79. The van der Waals surface area contributed by atoms with E-state index in [1.165, 1.54) is 6.26 Å². The number of anilines is 1. The zero-order chi connectivity index (χ0) is 13.8. The van der Waals surface area contributed by atoms with Crippen molar-refractivity contribution in [3.8, 4) is 5.75 Å². The minimum atomic E-state index is -1.07. The van der Waals surface area contributed by atoms with Crippen molar-refractivity contribution in [1.29, 1.82) is 0 Å².